The number of halogens is 1. The minimum Gasteiger partial charge on any atom is -0.494 e. The molecule has 0 saturated heterocycles. The normalized spacial score (nSPS) is 12.4. The van der Waals surface area contributed by atoms with Crippen molar-refractivity contribution in [3.63, 3.8) is 0 Å². The predicted molar refractivity (Wildman–Crippen MR) is 63.5 cm³/mol. The summed E-state index contributed by atoms with van der Waals surface area (Å²) in [6.07, 6.45) is 0.703. The molecule has 0 aliphatic heterocycles. The smallest absolute Gasteiger partial charge is 0.243 e. The molecule has 2 N–H and O–H groups in total. The van der Waals surface area contributed by atoms with Crippen LogP contribution in [0.2, 0.25) is 0 Å². The number of aromatic nitrogens is 2. The quantitative estimate of drug-likeness (QED) is 0.902. The highest BCUT2D eigenvalue weighted by atomic mass is 19.1. The lowest BCUT2D eigenvalue weighted by molar-refractivity contribution is 0.352. The Balaban J connectivity index is 2.34. The summed E-state index contributed by atoms with van der Waals surface area (Å²) in [5, 5.41) is 3.82. The highest BCUT2D eigenvalue weighted by Gasteiger charge is 2.15. The van der Waals surface area contributed by atoms with Crippen molar-refractivity contribution in [3.05, 3.63) is 29.9 Å². The van der Waals surface area contributed by atoms with Crippen molar-refractivity contribution in [1.29, 1.82) is 0 Å². The van der Waals surface area contributed by atoms with Gasteiger partial charge in [-0.2, -0.15) is 4.98 Å². The summed E-state index contributed by atoms with van der Waals surface area (Å²) < 4.78 is 23.2. The third kappa shape index (κ3) is 2.33. The van der Waals surface area contributed by atoms with Crippen LogP contribution in [-0.2, 0) is 0 Å². The first-order chi connectivity index (χ1) is 8.65. The van der Waals surface area contributed by atoms with Crippen molar-refractivity contribution >= 4 is 0 Å². The first-order valence-corrected chi connectivity index (χ1v) is 5.58. The number of nitrogens with zero attached hydrogens (tertiary/aromatic N) is 2. The van der Waals surface area contributed by atoms with Crippen molar-refractivity contribution in [1.82, 2.24) is 10.1 Å². The average Bonchev–Trinajstić information content (AvgIpc) is 2.88. The van der Waals surface area contributed by atoms with Gasteiger partial charge in [-0.25, -0.2) is 4.39 Å². The van der Waals surface area contributed by atoms with E-state index in [0.717, 1.165) is 0 Å². The zero-order chi connectivity index (χ0) is 13.1. The van der Waals surface area contributed by atoms with E-state index < -0.39 is 5.82 Å². The third-order valence-corrected chi connectivity index (χ3v) is 2.61. The fourth-order valence-electron chi connectivity index (χ4n) is 1.48. The molecule has 0 amide bonds. The van der Waals surface area contributed by atoms with Gasteiger partial charge in [-0.05, 0) is 24.6 Å². The first-order valence-electron chi connectivity index (χ1n) is 5.58. The van der Waals surface area contributed by atoms with Gasteiger partial charge < -0.3 is 15.0 Å². The van der Waals surface area contributed by atoms with Crippen molar-refractivity contribution in [3.8, 4) is 17.1 Å². The van der Waals surface area contributed by atoms with Gasteiger partial charge in [0.1, 0.15) is 0 Å². The highest BCUT2D eigenvalue weighted by Crippen LogP contribution is 2.25. The molecule has 0 bridgehead atoms. The molecule has 0 spiro atoms. The van der Waals surface area contributed by atoms with Crippen LogP contribution in [0, 0.1) is 5.82 Å². The molecule has 0 fully saturated rings. The Morgan fingerprint density at radius 1 is 1.50 bits per heavy atom. The molecule has 1 aromatic heterocycles. The summed E-state index contributed by atoms with van der Waals surface area (Å²) in [7, 11) is 1.40. The fourth-order valence-corrected chi connectivity index (χ4v) is 1.48. The van der Waals surface area contributed by atoms with Gasteiger partial charge in [-0.15, -0.1) is 0 Å². The van der Waals surface area contributed by atoms with E-state index in [-0.39, 0.29) is 11.8 Å². The predicted octanol–water partition coefficient (Wildman–Crippen LogP) is 2.29. The van der Waals surface area contributed by atoms with Crippen LogP contribution in [-0.4, -0.2) is 17.3 Å². The number of ether oxygens (including phenoxy) is 1. The molecule has 1 heterocycles. The van der Waals surface area contributed by atoms with Crippen LogP contribution in [0.15, 0.2) is 22.7 Å². The number of benzene rings is 1. The molecule has 2 aromatic rings. The minimum atomic E-state index is -0.435. The molecule has 0 aliphatic carbocycles. The van der Waals surface area contributed by atoms with Crippen LogP contribution in [0.25, 0.3) is 11.4 Å². The topological polar surface area (TPSA) is 74.2 Å². The number of methoxy groups -OCH3 is 1. The van der Waals surface area contributed by atoms with Crippen LogP contribution in [0.5, 0.6) is 5.75 Å². The van der Waals surface area contributed by atoms with Crippen LogP contribution in [0.1, 0.15) is 25.3 Å². The van der Waals surface area contributed by atoms with Crippen LogP contribution in [0.3, 0.4) is 0 Å². The Hall–Kier alpha value is -1.95. The number of nitrogens with two attached hydrogens (primary N) is 1. The van der Waals surface area contributed by atoms with E-state index >= 15 is 0 Å². The second-order valence-corrected chi connectivity index (χ2v) is 3.82. The number of hydrogen-bond donors (Lipinski definition) is 1. The zero-order valence-corrected chi connectivity index (χ0v) is 10.2. The zero-order valence-electron chi connectivity index (χ0n) is 10.2. The van der Waals surface area contributed by atoms with E-state index in [0.29, 0.717) is 23.7 Å². The molecular weight excluding hydrogens is 237 g/mol. The molecule has 0 saturated carbocycles. The van der Waals surface area contributed by atoms with Crippen molar-refractivity contribution in [2.24, 2.45) is 5.73 Å². The van der Waals surface area contributed by atoms with Gasteiger partial charge in [0.2, 0.25) is 11.7 Å². The summed E-state index contributed by atoms with van der Waals surface area (Å²) in [5.41, 5.74) is 6.40. The largest absolute Gasteiger partial charge is 0.494 e. The average molecular weight is 251 g/mol. The Morgan fingerprint density at radius 2 is 2.28 bits per heavy atom. The molecular formula is C12H14FN3O2. The van der Waals surface area contributed by atoms with Gasteiger partial charge in [0.05, 0.1) is 13.2 Å². The van der Waals surface area contributed by atoms with Gasteiger partial charge in [0.25, 0.3) is 0 Å². The standard InChI is InChI=1S/C12H14FN3O2/c1-3-9(14)12-15-11(16-18-12)7-4-5-8(13)10(6-7)17-2/h4-6,9H,3,14H2,1-2H3/t9-/m0/s1. The fraction of sp³-hybridized carbons (Fsp3) is 0.333. The maximum absolute atomic E-state index is 13.3. The highest BCUT2D eigenvalue weighted by molar-refractivity contribution is 5.57. The maximum Gasteiger partial charge on any atom is 0.243 e. The molecule has 0 aliphatic rings. The molecule has 1 aromatic carbocycles. The molecule has 96 valence electrons. The lowest BCUT2D eigenvalue weighted by Crippen LogP contribution is -2.08. The van der Waals surface area contributed by atoms with Gasteiger partial charge in [-0.3, -0.25) is 0 Å². The van der Waals surface area contributed by atoms with Crippen molar-refractivity contribution < 1.29 is 13.7 Å². The summed E-state index contributed by atoms with van der Waals surface area (Å²) in [5.74, 6) is 0.442. The summed E-state index contributed by atoms with van der Waals surface area (Å²) in [6, 6.07) is 4.09. The minimum absolute atomic E-state index is 0.138. The lowest BCUT2D eigenvalue weighted by atomic mass is 10.2. The van der Waals surface area contributed by atoms with Gasteiger partial charge in [0, 0.05) is 5.56 Å². The number of rotatable bonds is 4. The Bertz CT molecular complexity index is 542. The lowest BCUT2D eigenvalue weighted by Gasteiger charge is -2.02. The monoisotopic (exact) mass is 251 g/mol. The van der Waals surface area contributed by atoms with E-state index in [1.807, 2.05) is 6.92 Å². The van der Waals surface area contributed by atoms with E-state index in [4.69, 9.17) is 15.0 Å². The van der Waals surface area contributed by atoms with Gasteiger partial charge in [0.15, 0.2) is 11.6 Å². The van der Waals surface area contributed by atoms with Gasteiger partial charge >= 0.3 is 0 Å². The summed E-state index contributed by atoms with van der Waals surface area (Å²) in [6.45, 7) is 1.93. The second-order valence-electron chi connectivity index (χ2n) is 3.82. The molecule has 6 heteroatoms. The summed E-state index contributed by atoms with van der Waals surface area (Å²) in [4.78, 5) is 4.18. The second kappa shape index (κ2) is 5.14. The molecule has 0 radical (unpaired) electrons. The van der Waals surface area contributed by atoms with Crippen LogP contribution >= 0.6 is 0 Å². The molecule has 18 heavy (non-hydrogen) atoms. The van der Waals surface area contributed by atoms with E-state index in [1.165, 1.54) is 19.2 Å². The maximum atomic E-state index is 13.3. The van der Waals surface area contributed by atoms with Crippen LogP contribution < -0.4 is 10.5 Å². The first kappa shape index (κ1) is 12.5. The van der Waals surface area contributed by atoms with Crippen LogP contribution in [0.4, 0.5) is 4.39 Å². The molecule has 2 rings (SSSR count). The Morgan fingerprint density at radius 3 is 2.94 bits per heavy atom. The summed E-state index contributed by atoms with van der Waals surface area (Å²) >= 11 is 0. The Kier molecular flexibility index (Phi) is 3.57. The van der Waals surface area contributed by atoms with E-state index in [2.05, 4.69) is 10.1 Å². The molecule has 1 atom stereocenters. The number of hydrogen-bond acceptors (Lipinski definition) is 5. The van der Waals surface area contributed by atoms with E-state index in [1.54, 1.807) is 6.07 Å². The van der Waals surface area contributed by atoms with Crippen molar-refractivity contribution in [2.75, 3.05) is 7.11 Å². The van der Waals surface area contributed by atoms with E-state index in [9.17, 15) is 4.39 Å². The van der Waals surface area contributed by atoms with Gasteiger partial charge in [-0.1, -0.05) is 12.1 Å². The molecule has 0 unspecified atom stereocenters. The Labute approximate surface area is 104 Å². The van der Waals surface area contributed by atoms with Crippen molar-refractivity contribution in [2.45, 2.75) is 19.4 Å². The third-order valence-electron chi connectivity index (χ3n) is 2.61. The SMILES string of the molecule is CC[C@H](N)c1nc(-c2ccc(F)c(OC)c2)no1. The molecule has 5 nitrogen and oxygen atoms in total.